The Hall–Kier alpha value is -1.94. The number of rotatable bonds is 8. The van der Waals surface area contributed by atoms with Crippen molar-refractivity contribution in [3.8, 4) is 0 Å². The highest BCUT2D eigenvalue weighted by molar-refractivity contribution is 5.70. The van der Waals surface area contributed by atoms with E-state index in [9.17, 15) is 9.18 Å². The zero-order chi connectivity index (χ0) is 18.6. The first-order valence-corrected chi connectivity index (χ1v) is 8.88. The first-order valence-electron chi connectivity index (χ1n) is 8.88. The van der Waals surface area contributed by atoms with Crippen LogP contribution in [0.25, 0.3) is 0 Å². The third kappa shape index (κ3) is 5.02. The second kappa shape index (κ2) is 8.43. The number of halogens is 1. The van der Waals surface area contributed by atoms with Crippen molar-refractivity contribution in [1.82, 2.24) is 0 Å². The largest absolute Gasteiger partial charge is 0.466 e. The van der Waals surface area contributed by atoms with Gasteiger partial charge in [0, 0.05) is 6.04 Å². The summed E-state index contributed by atoms with van der Waals surface area (Å²) in [5, 5.41) is 0. The van der Waals surface area contributed by atoms with Crippen LogP contribution in [0, 0.1) is 11.8 Å². The van der Waals surface area contributed by atoms with E-state index in [1.165, 1.54) is 0 Å². The number of carbonyl (C=O) groups is 1. The van der Waals surface area contributed by atoms with Gasteiger partial charge in [-0.05, 0) is 56.3 Å². The quantitative estimate of drug-likeness (QED) is 0.519. The topological polar surface area (TPSA) is 52.3 Å². The summed E-state index contributed by atoms with van der Waals surface area (Å²) >= 11 is 0. The Morgan fingerprint density at radius 3 is 2.76 bits per heavy atom. The average Bonchev–Trinajstić information content (AvgIpc) is 3.30. The van der Waals surface area contributed by atoms with Gasteiger partial charge in [-0.25, -0.2) is 4.39 Å². The standard InChI is InChI=1S/C21H28FNO2/c1-5-25-19(24)12-18(23)20-17(11-14(4)21(20)22)16(15-9-10-15)8-6-7-13(2)3/h6-8,11,15,18,20H,2,5,9-10,12,23H2,1,3-4H3/b7-6-,16-8-/t18-,20?/m0/s1. The molecule has 1 unspecified atom stereocenters. The molecular formula is C21H28FNO2. The number of nitrogens with two attached hydrogens (primary N) is 1. The van der Waals surface area contributed by atoms with Crippen molar-refractivity contribution in [3.63, 3.8) is 0 Å². The molecule has 136 valence electrons. The van der Waals surface area contributed by atoms with Crippen molar-refractivity contribution in [1.29, 1.82) is 0 Å². The molecule has 4 heteroatoms. The van der Waals surface area contributed by atoms with Gasteiger partial charge < -0.3 is 10.5 Å². The lowest BCUT2D eigenvalue weighted by atomic mass is 9.85. The second-order valence-corrected chi connectivity index (χ2v) is 6.88. The van der Waals surface area contributed by atoms with E-state index in [4.69, 9.17) is 10.5 Å². The normalized spacial score (nSPS) is 22.4. The van der Waals surface area contributed by atoms with Crippen LogP contribution in [0.1, 0.15) is 40.0 Å². The Balaban J connectivity index is 2.26. The van der Waals surface area contributed by atoms with Crippen LogP contribution >= 0.6 is 0 Å². The van der Waals surface area contributed by atoms with Crippen LogP contribution in [-0.2, 0) is 9.53 Å². The summed E-state index contributed by atoms with van der Waals surface area (Å²) in [5.41, 5.74) is 9.79. The van der Waals surface area contributed by atoms with Crippen molar-refractivity contribution in [2.24, 2.45) is 17.6 Å². The minimum atomic E-state index is -0.630. The number of allylic oxidation sites excluding steroid dienone is 7. The van der Waals surface area contributed by atoms with E-state index in [0.29, 0.717) is 18.1 Å². The molecular weight excluding hydrogens is 317 g/mol. The fraction of sp³-hybridized carbons (Fsp3) is 0.476. The molecule has 0 aromatic heterocycles. The predicted molar refractivity (Wildman–Crippen MR) is 99.4 cm³/mol. The summed E-state index contributed by atoms with van der Waals surface area (Å²) in [7, 11) is 0. The average molecular weight is 345 g/mol. The highest BCUT2D eigenvalue weighted by atomic mass is 19.1. The Morgan fingerprint density at radius 1 is 1.52 bits per heavy atom. The van der Waals surface area contributed by atoms with Gasteiger partial charge in [-0.2, -0.15) is 0 Å². The van der Waals surface area contributed by atoms with Crippen molar-refractivity contribution < 1.29 is 13.9 Å². The number of hydrogen-bond donors (Lipinski definition) is 1. The molecule has 1 fully saturated rings. The first-order chi connectivity index (χ1) is 11.8. The second-order valence-electron chi connectivity index (χ2n) is 6.88. The molecule has 2 N–H and O–H groups in total. The minimum absolute atomic E-state index is 0.0100. The molecule has 25 heavy (non-hydrogen) atoms. The van der Waals surface area contributed by atoms with Gasteiger partial charge in [0.1, 0.15) is 5.83 Å². The summed E-state index contributed by atoms with van der Waals surface area (Å²) in [6.07, 6.45) is 10.0. The highest BCUT2D eigenvalue weighted by Gasteiger charge is 2.38. The van der Waals surface area contributed by atoms with E-state index in [1.807, 2.05) is 31.2 Å². The van der Waals surface area contributed by atoms with Gasteiger partial charge in [-0.15, -0.1) is 0 Å². The molecule has 0 heterocycles. The van der Waals surface area contributed by atoms with Crippen LogP contribution in [-0.4, -0.2) is 18.6 Å². The lowest BCUT2D eigenvalue weighted by Gasteiger charge is -2.23. The fourth-order valence-electron chi connectivity index (χ4n) is 3.16. The zero-order valence-electron chi connectivity index (χ0n) is 15.3. The van der Waals surface area contributed by atoms with Crippen LogP contribution in [0.2, 0.25) is 0 Å². The maximum Gasteiger partial charge on any atom is 0.307 e. The van der Waals surface area contributed by atoms with Crippen molar-refractivity contribution >= 4 is 5.97 Å². The van der Waals surface area contributed by atoms with Crippen molar-refractivity contribution in [3.05, 3.63) is 59.0 Å². The Labute approximate surface area is 149 Å². The first kappa shape index (κ1) is 19.4. The van der Waals surface area contributed by atoms with Gasteiger partial charge in [0.25, 0.3) is 0 Å². The zero-order valence-corrected chi connectivity index (χ0v) is 15.3. The SMILES string of the molecule is C=C(C)/C=C\C=C(/C1=CC(C)=C(F)C1[C@@H](N)CC(=O)OCC)C1CC1. The van der Waals surface area contributed by atoms with Gasteiger partial charge in [-0.1, -0.05) is 36.5 Å². The number of hydrogen-bond acceptors (Lipinski definition) is 3. The third-order valence-electron chi connectivity index (χ3n) is 4.50. The molecule has 2 aliphatic carbocycles. The van der Waals surface area contributed by atoms with Gasteiger partial charge in [-0.3, -0.25) is 4.79 Å². The molecule has 0 aromatic rings. The summed E-state index contributed by atoms with van der Waals surface area (Å²) in [6.45, 7) is 9.59. The van der Waals surface area contributed by atoms with Gasteiger partial charge in [0.2, 0.25) is 0 Å². The molecule has 2 atom stereocenters. The summed E-state index contributed by atoms with van der Waals surface area (Å²) < 4.78 is 19.7. The molecule has 2 rings (SSSR count). The van der Waals surface area contributed by atoms with Crippen molar-refractivity contribution in [2.75, 3.05) is 6.61 Å². The lowest BCUT2D eigenvalue weighted by Crippen LogP contribution is -2.34. The van der Waals surface area contributed by atoms with Gasteiger partial charge in [0.05, 0.1) is 18.9 Å². The Morgan fingerprint density at radius 2 is 2.20 bits per heavy atom. The van der Waals surface area contributed by atoms with E-state index in [-0.39, 0.29) is 18.2 Å². The molecule has 0 amide bonds. The molecule has 1 saturated carbocycles. The fourth-order valence-corrected chi connectivity index (χ4v) is 3.16. The maximum absolute atomic E-state index is 14.7. The summed E-state index contributed by atoms with van der Waals surface area (Å²) in [4.78, 5) is 11.8. The monoisotopic (exact) mass is 345 g/mol. The lowest BCUT2D eigenvalue weighted by molar-refractivity contribution is -0.143. The van der Waals surface area contributed by atoms with Crippen LogP contribution in [0.4, 0.5) is 4.39 Å². The minimum Gasteiger partial charge on any atom is -0.466 e. The molecule has 0 radical (unpaired) electrons. The smallest absolute Gasteiger partial charge is 0.307 e. The van der Waals surface area contributed by atoms with E-state index < -0.39 is 12.0 Å². The van der Waals surface area contributed by atoms with E-state index in [0.717, 1.165) is 29.6 Å². The molecule has 2 aliphatic rings. The highest BCUT2D eigenvalue weighted by Crippen LogP contribution is 2.47. The van der Waals surface area contributed by atoms with Crippen LogP contribution in [0.3, 0.4) is 0 Å². The van der Waals surface area contributed by atoms with Crippen LogP contribution in [0.5, 0.6) is 0 Å². The number of ether oxygens (including phenoxy) is 1. The molecule has 0 bridgehead atoms. The molecule has 0 saturated heterocycles. The van der Waals surface area contributed by atoms with Gasteiger partial charge in [0.15, 0.2) is 0 Å². The Bertz CT molecular complexity index is 665. The number of esters is 1. The molecule has 3 nitrogen and oxygen atoms in total. The molecule has 0 aliphatic heterocycles. The Kier molecular flexibility index (Phi) is 6.54. The van der Waals surface area contributed by atoms with Crippen LogP contribution in [0.15, 0.2) is 59.0 Å². The van der Waals surface area contributed by atoms with Crippen molar-refractivity contribution in [2.45, 2.75) is 46.1 Å². The van der Waals surface area contributed by atoms with E-state index in [2.05, 4.69) is 6.58 Å². The maximum atomic E-state index is 14.7. The van der Waals surface area contributed by atoms with E-state index in [1.54, 1.807) is 13.8 Å². The molecule has 0 spiro atoms. The number of carbonyl (C=O) groups excluding carboxylic acids is 1. The predicted octanol–water partition coefficient (Wildman–Crippen LogP) is 4.54. The summed E-state index contributed by atoms with van der Waals surface area (Å²) in [5.74, 6) is -0.750. The van der Waals surface area contributed by atoms with Crippen LogP contribution < -0.4 is 5.73 Å². The molecule has 0 aromatic carbocycles. The van der Waals surface area contributed by atoms with E-state index >= 15 is 0 Å². The summed E-state index contributed by atoms with van der Waals surface area (Å²) in [6, 6.07) is -0.630. The van der Waals surface area contributed by atoms with Gasteiger partial charge >= 0.3 is 5.97 Å². The third-order valence-corrected chi connectivity index (χ3v) is 4.50.